The Hall–Kier alpha value is -3.26. The number of benzene rings is 2. The molecule has 2 aromatic carbocycles. The van der Waals surface area contributed by atoms with E-state index in [1.807, 2.05) is 24.3 Å². The summed E-state index contributed by atoms with van der Waals surface area (Å²) in [5, 5.41) is 3.63. The summed E-state index contributed by atoms with van der Waals surface area (Å²) >= 11 is 1.26. The molecule has 0 saturated carbocycles. The Bertz CT molecular complexity index is 1130. The second-order valence-corrected chi connectivity index (χ2v) is 8.17. The van der Waals surface area contributed by atoms with Crippen molar-refractivity contribution in [2.24, 2.45) is 5.92 Å². The molecule has 3 aromatic rings. The van der Waals surface area contributed by atoms with Gasteiger partial charge in [0.05, 0.1) is 28.5 Å². The highest BCUT2D eigenvalue weighted by molar-refractivity contribution is 7.13. The van der Waals surface area contributed by atoms with Gasteiger partial charge in [-0.05, 0) is 49.5 Å². The lowest BCUT2D eigenvalue weighted by Gasteiger charge is -2.32. The van der Waals surface area contributed by atoms with Crippen LogP contribution >= 0.6 is 11.5 Å². The van der Waals surface area contributed by atoms with Crippen LogP contribution in [0.1, 0.15) is 40.6 Å². The minimum atomic E-state index is -0.360. The molecule has 1 aliphatic rings. The number of nitrogens with zero attached hydrogens (tertiary/aromatic N) is 2. The maximum Gasteiger partial charge on any atom is 0.310 e. The molecule has 2 heterocycles. The fraction of sp³-hybridized carbons (Fsp3) is 0.304. The number of hydrogen-bond acceptors (Lipinski definition) is 6. The number of likely N-dealkylation sites (tertiary alicyclic amines) is 1. The van der Waals surface area contributed by atoms with Crippen LogP contribution in [-0.2, 0) is 9.53 Å². The molecule has 1 N–H and O–H groups in total. The fourth-order valence-electron chi connectivity index (χ4n) is 3.79. The number of anilines is 1. The summed E-state index contributed by atoms with van der Waals surface area (Å²) < 4.78 is 10.3. The molecule has 1 unspecified atom stereocenters. The molecule has 8 heteroatoms. The van der Waals surface area contributed by atoms with E-state index in [-0.39, 0.29) is 23.7 Å². The molecular weight excluding hydrogens is 414 g/mol. The number of piperidine rings is 1. The molecule has 1 atom stereocenters. The number of hydrogen-bond donors (Lipinski definition) is 1. The quantitative estimate of drug-likeness (QED) is 0.611. The van der Waals surface area contributed by atoms with Gasteiger partial charge in [0.15, 0.2) is 0 Å². The highest BCUT2D eigenvalue weighted by atomic mass is 32.1. The van der Waals surface area contributed by atoms with Crippen molar-refractivity contribution in [3.05, 3.63) is 59.8 Å². The number of carbonyl (C=O) groups is 3. The van der Waals surface area contributed by atoms with Gasteiger partial charge in [0.1, 0.15) is 5.69 Å². The number of rotatable bonds is 5. The van der Waals surface area contributed by atoms with E-state index in [1.54, 1.807) is 36.1 Å². The van der Waals surface area contributed by atoms with Gasteiger partial charge in [-0.2, -0.15) is 4.37 Å². The number of carbonyl (C=O) groups excluding carboxylic acids is 3. The first-order chi connectivity index (χ1) is 15.1. The van der Waals surface area contributed by atoms with Crippen LogP contribution in [-0.4, -0.2) is 46.8 Å². The van der Waals surface area contributed by atoms with Crippen molar-refractivity contribution in [1.82, 2.24) is 9.27 Å². The number of aromatic nitrogens is 1. The van der Waals surface area contributed by atoms with E-state index in [0.717, 1.165) is 16.5 Å². The summed E-state index contributed by atoms with van der Waals surface area (Å²) in [5.41, 5.74) is 1.15. The van der Waals surface area contributed by atoms with Crippen LogP contribution in [0.2, 0.25) is 0 Å². The van der Waals surface area contributed by atoms with Gasteiger partial charge in [0, 0.05) is 18.5 Å². The Kier molecular flexibility index (Phi) is 6.27. The second-order valence-electron chi connectivity index (χ2n) is 7.37. The first kappa shape index (κ1) is 21.0. The lowest BCUT2D eigenvalue weighted by molar-refractivity contribution is -0.149. The summed E-state index contributed by atoms with van der Waals surface area (Å²) in [6.45, 7) is 2.97. The van der Waals surface area contributed by atoms with Gasteiger partial charge in [-0.15, -0.1) is 0 Å². The number of amides is 2. The summed E-state index contributed by atoms with van der Waals surface area (Å²) in [7, 11) is 0. The maximum atomic E-state index is 13.2. The predicted molar refractivity (Wildman–Crippen MR) is 119 cm³/mol. The van der Waals surface area contributed by atoms with Crippen molar-refractivity contribution >= 4 is 45.1 Å². The van der Waals surface area contributed by atoms with Gasteiger partial charge in [0.2, 0.25) is 0 Å². The monoisotopic (exact) mass is 437 g/mol. The molecule has 0 spiro atoms. The molecule has 160 valence electrons. The van der Waals surface area contributed by atoms with Crippen molar-refractivity contribution < 1.29 is 19.1 Å². The van der Waals surface area contributed by atoms with E-state index >= 15 is 0 Å². The zero-order valence-electron chi connectivity index (χ0n) is 17.2. The average molecular weight is 438 g/mol. The van der Waals surface area contributed by atoms with Gasteiger partial charge in [0.25, 0.3) is 11.8 Å². The zero-order chi connectivity index (χ0) is 21.8. The molecule has 4 rings (SSSR count). The SMILES string of the molecule is CCOC(=O)C1CCCN(C(=O)c2ccccc2NC(=O)c2nsc3ccccc23)C1. The molecule has 1 aromatic heterocycles. The third kappa shape index (κ3) is 4.44. The van der Waals surface area contributed by atoms with Crippen molar-refractivity contribution in [2.45, 2.75) is 19.8 Å². The van der Waals surface area contributed by atoms with Crippen LogP contribution in [0.5, 0.6) is 0 Å². The van der Waals surface area contributed by atoms with Crippen molar-refractivity contribution in [3.63, 3.8) is 0 Å². The third-order valence-corrected chi connectivity index (χ3v) is 6.15. The Morgan fingerprint density at radius 1 is 1.16 bits per heavy atom. The molecule has 1 fully saturated rings. The third-order valence-electron chi connectivity index (χ3n) is 5.33. The Morgan fingerprint density at radius 2 is 1.94 bits per heavy atom. The van der Waals surface area contributed by atoms with Gasteiger partial charge in [-0.3, -0.25) is 14.4 Å². The van der Waals surface area contributed by atoms with E-state index in [4.69, 9.17) is 4.74 Å². The van der Waals surface area contributed by atoms with Gasteiger partial charge >= 0.3 is 5.97 Å². The highest BCUT2D eigenvalue weighted by Crippen LogP contribution is 2.26. The molecular formula is C23H23N3O4S. The first-order valence-electron chi connectivity index (χ1n) is 10.3. The highest BCUT2D eigenvalue weighted by Gasteiger charge is 2.30. The van der Waals surface area contributed by atoms with E-state index < -0.39 is 0 Å². The molecule has 2 amide bonds. The van der Waals surface area contributed by atoms with Crippen molar-refractivity contribution in [2.75, 3.05) is 25.0 Å². The number of fused-ring (bicyclic) bond motifs is 1. The molecule has 0 radical (unpaired) electrons. The van der Waals surface area contributed by atoms with E-state index in [1.165, 1.54) is 11.5 Å². The summed E-state index contributed by atoms with van der Waals surface area (Å²) in [6.07, 6.45) is 1.44. The van der Waals surface area contributed by atoms with Crippen molar-refractivity contribution in [1.29, 1.82) is 0 Å². The van der Waals surface area contributed by atoms with Gasteiger partial charge in [-0.25, -0.2) is 0 Å². The van der Waals surface area contributed by atoms with Crippen molar-refractivity contribution in [3.8, 4) is 0 Å². The van der Waals surface area contributed by atoms with Crippen LogP contribution in [0, 0.1) is 5.92 Å². The molecule has 1 saturated heterocycles. The van der Waals surface area contributed by atoms with E-state index in [2.05, 4.69) is 9.69 Å². The standard InChI is InChI=1S/C23H23N3O4S/c1-2-30-23(29)15-8-7-13-26(14-15)22(28)16-9-3-5-11-18(16)24-21(27)20-17-10-4-6-12-19(17)31-25-20/h3-6,9-12,15H,2,7-8,13-14H2,1H3,(H,24,27). The van der Waals surface area contributed by atoms with Gasteiger partial charge < -0.3 is 15.0 Å². The van der Waals surface area contributed by atoms with E-state index in [0.29, 0.717) is 43.1 Å². The molecule has 1 aliphatic heterocycles. The number of para-hydroxylation sites is 1. The maximum absolute atomic E-state index is 13.2. The molecule has 31 heavy (non-hydrogen) atoms. The normalized spacial score (nSPS) is 16.2. The Balaban J connectivity index is 1.53. The zero-order valence-corrected chi connectivity index (χ0v) is 18.0. The second kappa shape index (κ2) is 9.26. The van der Waals surface area contributed by atoms with E-state index in [9.17, 15) is 14.4 Å². The van der Waals surface area contributed by atoms with Crippen LogP contribution in [0.25, 0.3) is 10.1 Å². The lowest BCUT2D eigenvalue weighted by atomic mass is 9.97. The summed E-state index contributed by atoms with van der Waals surface area (Å²) in [5.74, 6) is -1.16. The fourth-order valence-corrected chi connectivity index (χ4v) is 4.57. The largest absolute Gasteiger partial charge is 0.466 e. The molecule has 0 aliphatic carbocycles. The molecule has 7 nitrogen and oxygen atoms in total. The minimum Gasteiger partial charge on any atom is -0.466 e. The smallest absolute Gasteiger partial charge is 0.310 e. The molecule has 0 bridgehead atoms. The minimum absolute atomic E-state index is 0.215. The van der Waals surface area contributed by atoms with Gasteiger partial charge in [-0.1, -0.05) is 30.3 Å². The average Bonchev–Trinajstić information content (AvgIpc) is 3.23. The number of esters is 1. The number of ether oxygens (including phenoxy) is 1. The summed E-state index contributed by atoms with van der Waals surface area (Å²) in [6, 6.07) is 14.4. The lowest BCUT2D eigenvalue weighted by Crippen LogP contribution is -2.43. The van der Waals surface area contributed by atoms with Crippen LogP contribution in [0.15, 0.2) is 48.5 Å². The topological polar surface area (TPSA) is 88.6 Å². The summed E-state index contributed by atoms with van der Waals surface area (Å²) in [4.78, 5) is 39.9. The number of nitrogens with one attached hydrogen (secondary N) is 1. The first-order valence-corrected chi connectivity index (χ1v) is 11.1. The Labute approximate surface area is 184 Å². The Morgan fingerprint density at radius 3 is 2.77 bits per heavy atom. The van der Waals surface area contributed by atoms with Crippen LogP contribution in [0.4, 0.5) is 5.69 Å². The van der Waals surface area contributed by atoms with Crippen LogP contribution < -0.4 is 5.32 Å². The van der Waals surface area contributed by atoms with Crippen LogP contribution in [0.3, 0.4) is 0 Å². The predicted octanol–water partition coefficient (Wildman–Crippen LogP) is 3.96.